The number of amides is 1. The Kier molecular flexibility index (Phi) is 3.27. The Labute approximate surface area is 126 Å². The molecule has 8 heteroatoms. The van der Waals surface area contributed by atoms with Crippen molar-refractivity contribution >= 4 is 21.8 Å². The summed E-state index contributed by atoms with van der Waals surface area (Å²) < 4.78 is 28.5. The molecule has 0 spiro atoms. The number of benzene rings is 2. The molecule has 0 aromatic heterocycles. The molecule has 2 aromatic carbocycles. The summed E-state index contributed by atoms with van der Waals surface area (Å²) in [4.78, 5) is 13.2. The van der Waals surface area contributed by atoms with Gasteiger partial charge in [0.05, 0.1) is 12.2 Å². The molecule has 2 aromatic rings. The number of sulfonamides is 1. The summed E-state index contributed by atoms with van der Waals surface area (Å²) >= 11 is 0. The van der Waals surface area contributed by atoms with E-state index in [4.69, 9.17) is 9.88 Å². The number of primary sulfonamides is 1. The van der Waals surface area contributed by atoms with E-state index in [0.717, 1.165) is 0 Å². The number of nitrogens with two attached hydrogens (primary N) is 1. The molecule has 1 aliphatic rings. The maximum atomic E-state index is 12.1. The van der Waals surface area contributed by atoms with Gasteiger partial charge in [0, 0.05) is 11.6 Å². The number of anilines is 1. The van der Waals surface area contributed by atoms with Gasteiger partial charge in [0.15, 0.2) is 0 Å². The first-order valence-corrected chi connectivity index (χ1v) is 7.84. The summed E-state index contributed by atoms with van der Waals surface area (Å²) in [5, 5.41) is 14.6. The van der Waals surface area contributed by atoms with Gasteiger partial charge in [-0.1, -0.05) is 12.1 Å². The molecule has 1 heterocycles. The Balaban J connectivity index is 2.08. The molecule has 0 aliphatic carbocycles. The highest BCUT2D eigenvalue weighted by Gasteiger charge is 2.29. The van der Waals surface area contributed by atoms with Crippen LogP contribution in [-0.4, -0.2) is 19.6 Å². The standard InChI is InChI=1S/C14H12N2O5S/c15-22(19,20)13-4-2-1-3-11(13)16-8-9-5-6-10(17)7-12(9)21-14(16)18/h1-7,17H,8H2,(H2,15,19,20). The molecule has 0 fully saturated rings. The number of ether oxygens (including phenoxy) is 1. The van der Waals surface area contributed by atoms with Crippen LogP contribution in [0.3, 0.4) is 0 Å². The van der Waals surface area contributed by atoms with Crippen LogP contribution in [0.5, 0.6) is 11.5 Å². The van der Waals surface area contributed by atoms with E-state index in [1.807, 2.05) is 0 Å². The maximum Gasteiger partial charge on any atom is 0.420 e. The summed E-state index contributed by atoms with van der Waals surface area (Å²) in [5.41, 5.74) is 0.787. The highest BCUT2D eigenvalue weighted by molar-refractivity contribution is 7.89. The second kappa shape index (κ2) is 5.00. The summed E-state index contributed by atoms with van der Waals surface area (Å²) in [6.07, 6.45) is -0.741. The van der Waals surface area contributed by atoms with Crippen molar-refractivity contribution in [1.82, 2.24) is 0 Å². The van der Waals surface area contributed by atoms with Crippen molar-refractivity contribution in [3.05, 3.63) is 48.0 Å². The quantitative estimate of drug-likeness (QED) is 0.872. The SMILES string of the molecule is NS(=O)(=O)c1ccccc1N1Cc2ccc(O)cc2OC1=O. The Bertz CT molecular complexity index is 863. The fraction of sp³-hybridized carbons (Fsp3) is 0.0714. The number of carbonyl (C=O) groups is 1. The van der Waals surface area contributed by atoms with Crippen molar-refractivity contribution in [2.75, 3.05) is 4.90 Å². The number of aromatic hydroxyl groups is 1. The minimum Gasteiger partial charge on any atom is -0.508 e. The van der Waals surface area contributed by atoms with Gasteiger partial charge in [-0.2, -0.15) is 0 Å². The maximum absolute atomic E-state index is 12.1. The summed E-state index contributed by atoms with van der Waals surface area (Å²) in [6.45, 7) is 0.112. The van der Waals surface area contributed by atoms with E-state index in [1.165, 1.54) is 35.2 Å². The topological polar surface area (TPSA) is 110 Å². The lowest BCUT2D eigenvalue weighted by Crippen LogP contribution is -2.38. The molecule has 7 nitrogen and oxygen atoms in total. The van der Waals surface area contributed by atoms with Gasteiger partial charge in [-0.3, -0.25) is 4.90 Å². The van der Waals surface area contributed by atoms with Crippen molar-refractivity contribution < 1.29 is 23.1 Å². The van der Waals surface area contributed by atoms with E-state index in [1.54, 1.807) is 12.1 Å². The minimum absolute atomic E-state index is 0.0232. The predicted molar refractivity (Wildman–Crippen MR) is 78.1 cm³/mol. The van der Waals surface area contributed by atoms with Gasteiger partial charge in [0.2, 0.25) is 10.0 Å². The molecule has 1 amide bonds. The fourth-order valence-electron chi connectivity index (χ4n) is 2.26. The van der Waals surface area contributed by atoms with Gasteiger partial charge in [-0.05, 0) is 24.3 Å². The molecule has 0 radical (unpaired) electrons. The lowest BCUT2D eigenvalue weighted by molar-refractivity contribution is 0.202. The molecule has 0 saturated heterocycles. The van der Waals surface area contributed by atoms with Crippen LogP contribution in [0.4, 0.5) is 10.5 Å². The molecular formula is C14H12N2O5S. The van der Waals surface area contributed by atoms with Crippen molar-refractivity contribution in [2.45, 2.75) is 11.4 Å². The first-order valence-electron chi connectivity index (χ1n) is 6.29. The highest BCUT2D eigenvalue weighted by atomic mass is 32.2. The first kappa shape index (κ1) is 14.4. The van der Waals surface area contributed by atoms with Crippen molar-refractivity contribution in [2.24, 2.45) is 5.14 Å². The van der Waals surface area contributed by atoms with Crippen LogP contribution in [-0.2, 0) is 16.6 Å². The molecule has 0 unspecified atom stereocenters. The largest absolute Gasteiger partial charge is 0.508 e. The van der Waals surface area contributed by atoms with E-state index < -0.39 is 16.1 Å². The fourth-order valence-corrected chi connectivity index (χ4v) is 3.00. The van der Waals surface area contributed by atoms with Crippen LogP contribution in [0.25, 0.3) is 0 Å². The number of phenolic OH excluding ortho intramolecular Hbond substituents is 1. The second-order valence-corrected chi connectivity index (χ2v) is 6.29. The normalized spacial score (nSPS) is 14.4. The Morgan fingerprint density at radius 2 is 1.91 bits per heavy atom. The molecule has 22 heavy (non-hydrogen) atoms. The summed E-state index contributed by atoms with van der Waals surface area (Å²) in [5.74, 6) is 0.222. The molecular weight excluding hydrogens is 308 g/mol. The van der Waals surface area contributed by atoms with Crippen molar-refractivity contribution in [3.63, 3.8) is 0 Å². The zero-order valence-corrected chi connectivity index (χ0v) is 12.1. The number of phenols is 1. The van der Waals surface area contributed by atoms with Gasteiger partial charge in [0.1, 0.15) is 16.4 Å². The number of nitrogens with zero attached hydrogens (tertiary/aromatic N) is 1. The smallest absolute Gasteiger partial charge is 0.420 e. The van der Waals surface area contributed by atoms with Gasteiger partial charge in [-0.25, -0.2) is 18.4 Å². The predicted octanol–water partition coefficient (Wildman–Crippen LogP) is 1.56. The first-order chi connectivity index (χ1) is 10.4. The van der Waals surface area contributed by atoms with Crippen molar-refractivity contribution in [1.29, 1.82) is 0 Å². The second-order valence-electron chi connectivity index (χ2n) is 4.76. The average Bonchev–Trinajstić information content (AvgIpc) is 2.45. The number of hydrogen-bond donors (Lipinski definition) is 2. The van der Waals surface area contributed by atoms with Crippen LogP contribution in [0.15, 0.2) is 47.4 Å². The molecule has 3 rings (SSSR count). The third kappa shape index (κ3) is 2.49. The Morgan fingerprint density at radius 3 is 2.64 bits per heavy atom. The lowest BCUT2D eigenvalue weighted by atomic mass is 10.1. The highest BCUT2D eigenvalue weighted by Crippen LogP contribution is 2.34. The van der Waals surface area contributed by atoms with Gasteiger partial charge >= 0.3 is 6.09 Å². The minimum atomic E-state index is -3.98. The van der Waals surface area contributed by atoms with E-state index in [9.17, 15) is 18.3 Å². The van der Waals surface area contributed by atoms with Gasteiger partial charge in [-0.15, -0.1) is 0 Å². The lowest BCUT2D eigenvalue weighted by Gasteiger charge is -2.29. The number of carbonyl (C=O) groups excluding carboxylic acids is 1. The van der Waals surface area contributed by atoms with Gasteiger partial charge < -0.3 is 9.84 Å². The molecule has 1 aliphatic heterocycles. The number of hydrogen-bond acceptors (Lipinski definition) is 5. The van der Waals surface area contributed by atoms with Crippen LogP contribution in [0, 0.1) is 0 Å². The van der Waals surface area contributed by atoms with Crippen LogP contribution < -0.4 is 14.8 Å². The van der Waals surface area contributed by atoms with Gasteiger partial charge in [0.25, 0.3) is 0 Å². The van der Waals surface area contributed by atoms with Crippen LogP contribution in [0.1, 0.15) is 5.56 Å². The third-order valence-corrected chi connectivity index (χ3v) is 4.22. The average molecular weight is 320 g/mol. The zero-order valence-electron chi connectivity index (χ0n) is 11.3. The monoisotopic (exact) mass is 320 g/mol. The van der Waals surface area contributed by atoms with Crippen LogP contribution in [0.2, 0.25) is 0 Å². The van der Waals surface area contributed by atoms with Crippen LogP contribution >= 0.6 is 0 Å². The van der Waals surface area contributed by atoms with E-state index in [2.05, 4.69) is 0 Å². The molecule has 0 atom stereocenters. The summed E-state index contributed by atoms with van der Waals surface area (Å²) in [7, 11) is -3.98. The number of rotatable bonds is 2. The summed E-state index contributed by atoms with van der Waals surface area (Å²) in [6, 6.07) is 10.3. The molecule has 3 N–H and O–H groups in total. The van der Waals surface area contributed by atoms with E-state index in [0.29, 0.717) is 5.56 Å². The Morgan fingerprint density at radius 1 is 1.18 bits per heavy atom. The number of fused-ring (bicyclic) bond motifs is 1. The zero-order chi connectivity index (χ0) is 15.9. The van der Waals surface area contributed by atoms with E-state index in [-0.39, 0.29) is 28.6 Å². The molecule has 114 valence electrons. The van der Waals surface area contributed by atoms with Crippen molar-refractivity contribution in [3.8, 4) is 11.5 Å². The van der Waals surface area contributed by atoms with E-state index >= 15 is 0 Å². The Hall–Kier alpha value is -2.58. The molecule has 0 saturated carbocycles. The molecule has 0 bridgehead atoms. The number of para-hydroxylation sites is 1. The third-order valence-electron chi connectivity index (χ3n) is 3.26.